The second kappa shape index (κ2) is 6.15. The van der Waals surface area contributed by atoms with Crippen LogP contribution in [0, 0.1) is 0 Å². The maximum atomic E-state index is 12.5. The average molecular weight is 443 g/mol. The van der Waals surface area contributed by atoms with Gasteiger partial charge < -0.3 is 0 Å². The van der Waals surface area contributed by atoms with Crippen LogP contribution in [0.2, 0.25) is 15.1 Å². The molecule has 2 aromatic rings. The highest BCUT2D eigenvalue weighted by Crippen LogP contribution is 2.32. The van der Waals surface area contributed by atoms with Gasteiger partial charge in [0.1, 0.15) is 0 Å². The average Bonchev–Trinajstić information content (AvgIpc) is 2.25. The topological polar surface area (TPSA) is 17.1 Å². The predicted octanol–water partition coefficient (Wildman–Crippen LogP) is 6.40. The van der Waals surface area contributed by atoms with Crippen LogP contribution in [0.4, 0.5) is 0 Å². The highest BCUT2D eigenvalue weighted by Gasteiger charge is 2.18. The summed E-state index contributed by atoms with van der Waals surface area (Å²) in [5.41, 5.74) is 0.727. The van der Waals surface area contributed by atoms with E-state index in [4.69, 9.17) is 34.8 Å². The molecule has 0 saturated carbocycles. The number of hydrogen-bond acceptors (Lipinski definition) is 1. The van der Waals surface area contributed by atoms with Crippen LogP contribution in [0.1, 0.15) is 15.9 Å². The first-order valence-electron chi connectivity index (χ1n) is 5.04. The van der Waals surface area contributed by atoms with Crippen LogP contribution < -0.4 is 0 Å². The zero-order valence-corrected chi connectivity index (χ0v) is 14.6. The monoisotopic (exact) mass is 440 g/mol. The Balaban J connectivity index is 2.56. The minimum absolute atomic E-state index is 0.235. The first-order valence-corrected chi connectivity index (χ1v) is 7.76. The number of ketones is 1. The Morgan fingerprint density at radius 2 is 1.32 bits per heavy atom. The van der Waals surface area contributed by atoms with Crippen molar-refractivity contribution in [3.05, 3.63) is 65.5 Å². The van der Waals surface area contributed by atoms with Gasteiger partial charge in [-0.25, -0.2) is 0 Å². The second-order valence-electron chi connectivity index (χ2n) is 3.73. The van der Waals surface area contributed by atoms with Gasteiger partial charge in [-0.05, 0) is 30.3 Å². The summed E-state index contributed by atoms with van der Waals surface area (Å²) in [6.07, 6.45) is 0. The SMILES string of the molecule is O=C(c1cc(Br)cc(Br)c1)c1c(Cl)cc(Cl)cc1Cl. The quantitative estimate of drug-likeness (QED) is 0.491. The lowest BCUT2D eigenvalue weighted by Gasteiger charge is -2.08. The van der Waals surface area contributed by atoms with Crippen molar-refractivity contribution in [2.75, 3.05) is 0 Å². The Bertz CT molecular complexity index is 628. The Hall–Kier alpha value is -0.0600. The van der Waals surface area contributed by atoms with Gasteiger partial charge in [0.2, 0.25) is 0 Å². The van der Waals surface area contributed by atoms with Crippen molar-refractivity contribution < 1.29 is 4.79 Å². The highest BCUT2D eigenvalue weighted by atomic mass is 79.9. The molecule has 0 aliphatic heterocycles. The zero-order chi connectivity index (χ0) is 14.2. The summed E-state index contributed by atoms with van der Waals surface area (Å²) in [7, 11) is 0. The molecule has 19 heavy (non-hydrogen) atoms. The minimum atomic E-state index is -0.256. The maximum absolute atomic E-state index is 12.5. The van der Waals surface area contributed by atoms with E-state index < -0.39 is 0 Å². The fraction of sp³-hybridized carbons (Fsp3) is 0. The molecule has 2 rings (SSSR count). The van der Waals surface area contributed by atoms with E-state index in [1.807, 2.05) is 6.07 Å². The Kier molecular flexibility index (Phi) is 4.96. The van der Waals surface area contributed by atoms with Crippen LogP contribution >= 0.6 is 66.7 Å². The number of carbonyl (C=O) groups is 1. The van der Waals surface area contributed by atoms with Crippen molar-refractivity contribution >= 4 is 72.4 Å². The number of carbonyl (C=O) groups excluding carboxylic acids is 1. The lowest BCUT2D eigenvalue weighted by Crippen LogP contribution is -2.03. The van der Waals surface area contributed by atoms with Gasteiger partial charge in [0.15, 0.2) is 5.78 Å². The van der Waals surface area contributed by atoms with Crippen molar-refractivity contribution in [3.8, 4) is 0 Å². The molecule has 98 valence electrons. The number of rotatable bonds is 2. The van der Waals surface area contributed by atoms with Gasteiger partial charge in [0.25, 0.3) is 0 Å². The van der Waals surface area contributed by atoms with Gasteiger partial charge >= 0.3 is 0 Å². The molecular formula is C13H5Br2Cl3O. The molecule has 0 atom stereocenters. The Morgan fingerprint density at radius 1 is 0.842 bits per heavy atom. The second-order valence-corrected chi connectivity index (χ2v) is 6.81. The third kappa shape index (κ3) is 3.53. The summed E-state index contributed by atoms with van der Waals surface area (Å²) in [5, 5.41) is 0.860. The molecular weight excluding hydrogens is 438 g/mol. The molecule has 0 saturated heterocycles. The Labute approximate surface area is 142 Å². The number of halogens is 5. The zero-order valence-electron chi connectivity index (χ0n) is 9.18. The largest absolute Gasteiger partial charge is 0.288 e. The van der Waals surface area contributed by atoms with Crippen molar-refractivity contribution in [1.29, 1.82) is 0 Å². The predicted molar refractivity (Wildman–Crippen MR) is 86.7 cm³/mol. The number of benzene rings is 2. The molecule has 1 nitrogen and oxygen atoms in total. The fourth-order valence-electron chi connectivity index (χ4n) is 1.59. The molecule has 0 radical (unpaired) electrons. The van der Waals surface area contributed by atoms with Crippen LogP contribution in [0.15, 0.2) is 39.3 Å². The van der Waals surface area contributed by atoms with Crippen LogP contribution in [0.25, 0.3) is 0 Å². The first-order chi connectivity index (χ1) is 8.88. The van der Waals surface area contributed by atoms with Crippen LogP contribution in [-0.2, 0) is 0 Å². The maximum Gasteiger partial charge on any atom is 0.196 e. The molecule has 0 heterocycles. The minimum Gasteiger partial charge on any atom is -0.288 e. The van der Waals surface area contributed by atoms with E-state index in [2.05, 4.69) is 31.9 Å². The highest BCUT2D eigenvalue weighted by molar-refractivity contribution is 9.11. The molecule has 2 aromatic carbocycles. The standard InChI is InChI=1S/C13H5Br2Cl3O/c14-7-1-6(2-8(15)3-7)13(19)12-10(17)4-9(16)5-11(12)18/h1-5H. The van der Waals surface area contributed by atoms with E-state index in [1.165, 1.54) is 12.1 Å². The molecule has 0 unspecified atom stereocenters. The van der Waals surface area contributed by atoms with E-state index in [9.17, 15) is 4.79 Å². The molecule has 0 spiro atoms. The smallest absolute Gasteiger partial charge is 0.196 e. The lowest BCUT2D eigenvalue weighted by molar-refractivity contribution is 0.103. The van der Waals surface area contributed by atoms with E-state index in [0.29, 0.717) is 10.6 Å². The van der Waals surface area contributed by atoms with Gasteiger partial charge in [-0.2, -0.15) is 0 Å². The van der Waals surface area contributed by atoms with Crippen LogP contribution in [0.3, 0.4) is 0 Å². The third-order valence-electron chi connectivity index (χ3n) is 2.36. The summed E-state index contributed by atoms with van der Waals surface area (Å²) >= 11 is 24.6. The summed E-state index contributed by atoms with van der Waals surface area (Å²) in [6.45, 7) is 0. The fourth-order valence-corrected chi connectivity index (χ4v) is 3.87. The van der Waals surface area contributed by atoms with E-state index >= 15 is 0 Å². The van der Waals surface area contributed by atoms with Crippen molar-refractivity contribution in [3.63, 3.8) is 0 Å². The lowest BCUT2D eigenvalue weighted by atomic mass is 10.0. The Morgan fingerprint density at radius 3 is 1.79 bits per heavy atom. The van der Waals surface area contributed by atoms with Gasteiger partial charge in [-0.1, -0.05) is 66.7 Å². The van der Waals surface area contributed by atoms with Gasteiger partial charge in [-0.15, -0.1) is 0 Å². The van der Waals surface area contributed by atoms with E-state index in [1.54, 1.807) is 12.1 Å². The molecule has 0 bridgehead atoms. The van der Waals surface area contributed by atoms with Gasteiger partial charge in [-0.3, -0.25) is 4.79 Å². The molecule has 0 aliphatic rings. The van der Waals surface area contributed by atoms with Gasteiger partial charge in [0.05, 0.1) is 15.6 Å². The normalized spacial score (nSPS) is 10.6. The molecule has 6 heteroatoms. The van der Waals surface area contributed by atoms with E-state index in [0.717, 1.165) is 8.95 Å². The summed E-state index contributed by atoms with van der Waals surface area (Å²) < 4.78 is 1.57. The van der Waals surface area contributed by atoms with Crippen molar-refractivity contribution in [2.45, 2.75) is 0 Å². The molecule has 0 aliphatic carbocycles. The first kappa shape index (κ1) is 15.3. The van der Waals surface area contributed by atoms with Crippen molar-refractivity contribution in [2.24, 2.45) is 0 Å². The summed E-state index contributed by atoms with van der Waals surface area (Å²) in [5.74, 6) is -0.256. The van der Waals surface area contributed by atoms with Crippen molar-refractivity contribution in [1.82, 2.24) is 0 Å². The molecule has 0 aromatic heterocycles. The molecule has 0 amide bonds. The molecule has 0 fully saturated rings. The van der Waals surface area contributed by atoms with Crippen LogP contribution in [-0.4, -0.2) is 5.78 Å². The van der Waals surface area contributed by atoms with Gasteiger partial charge in [0, 0.05) is 19.5 Å². The third-order valence-corrected chi connectivity index (χ3v) is 4.09. The summed E-state index contributed by atoms with van der Waals surface area (Å²) in [4.78, 5) is 12.5. The van der Waals surface area contributed by atoms with Crippen LogP contribution in [0.5, 0.6) is 0 Å². The number of hydrogen-bond donors (Lipinski definition) is 0. The van der Waals surface area contributed by atoms with E-state index in [-0.39, 0.29) is 21.4 Å². The molecule has 0 N–H and O–H groups in total. The summed E-state index contributed by atoms with van der Waals surface area (Å²) in [6, 6.07) is 8.23.